The standard InChI is InChI=1S/C12H24N2/c1-12(2)8-14(9-12)11-6-4-5-10(11)7-13-3/h10-11,13H,4-9H2,1-3H3. The van der Waals surface area contributed by atoms with Gasteiger partial charge < -0.3 is 5.32 Å². The number of nitrogens with one attached hydrogen (secondary N) is 1. The van der Waals surface area contributed by atoms with Crippen LogP contribution in [0.3, 0.4) is 0 Å². The van der Waals surface area contributed by atoms with Gasteiger partial charge in [0.1, 0.15) is 0 Å². The smallest absolute Gasteiger partial charge is 0.0136 e. The highest BCUT2D eigenvalue weighted by Gasteiger charge is 2.42. The van der Waals surface area contributed by atoms with Gasteiger partial charge in [-0.3, -0.25) is 4.90 Å². The van der Waals surface area contributed by atoms with Crippen molar-refractivity contribution < 1.29 is 0 Å². The predicted molar refractivity (Wildman–Crippen MR) is 60.4 cm³/mol. The molecular weight excluding hydrogens is 172 g/mol. The second-order valence-corrected chi connectivity index (χ2v) is 5.89. The van der Waals surface area contributed by atoms with E-state index >= 15 is 0 Å². The number of hydrogen-bond donors (Lipinski definition) is 1. The molecule has 14 heavy (non-hydrogen) atoms. The summed E-state index contributed by atoms with van der Waals surface area (Å²) in [7, 11) is 2.08. The average Bonchev–Trinajstić information content (AvgIpc) is 2.48. The van der Waals surface area contributed by atoms with E-state index in [9.17, 15) is 0 Å². The molecule has 0 aromatic heterocycles. The Morgan fingerprint density at radius 3 is 2.57 bits per heavy atom. The lowest BCUT2D eigenvalue weighted by molar-refractivity contribution is -0.0179. The van der Waals surface area contributed by atoms with Gasteiger partial charge in [0.2, 0.25) is 0 Å². The summed E-state index contributed by atoms with van der Waals surface area (Å²) >= 11 is 0. The molecule has 2 fully saturated rings. The van der Waals surface area contributed by atoms with Crippen LogP contribution in [0, 0.1) is 11.3 Å². The first kappa shape index (κ1) is 10.4. The molecule has 0 spiro atoms. The Morgan fingerprint density at radius 1 is 1.29 bits per heavy atom. The Labute approximate surface area is 88.1 Å². The van der Waals surface area contributed by atoms with Crippen LogP contribution < -0.4 is 5.32 Å². The van der Waals surface area contributed by atoms with Crippen molar-refractivity contribution in [3.8, 4) is 0 Å². The Kier molecular flexibility index (Phi) is 2.85. The summed E-state index contributed by atoms with van der Waals surface area (Å²) in [6, 6.07) is 0.885. The first-order chi connectivity index (χ1) is 6.62. The molecule has 1 saturated heterocycles. The largest absolute Gasteiger partial charge is 0.319 e. The van der Waals surface area contributed by atoms with Crippen molar-refractivity contribution in [3.63, 3.8) is 0 Å². The molecule has 0 aromatic carbocycles. The van der Waals surface area contributed by atoms with Gasteiger partial charge in [-0.25, -0.2) is 0 Å². The highest BCUT2D eigenvalue weighted by Crippen LogP contribution is 2.38. The maximum Gasteiger partial charge on any atom is 0.0136 e. The van der Waals surface area contributed by atoms with Crippen LogP contribution in [0.5, 0.6) is 0 Å². The Bertz CT molecular complexity index is 192. The molecule has 82 valence electrons. The monoisotopic (exact) mass is 196 g/mol. The normalized spacial score (nSPS) is 37.1. The Hall–Kier alpha value is -0.0800. The van der Waals surface area contributed by atoms with Gasteiger partial charge in [0.25, 0.3) is 0 Å². The fourth-order valence-corrected chi connectivity index (χ4v) is 3.29. The highest BCUT2D eigenvalue weighted by molar-refractivity contribution is 4.96. The molecule has 0 amide bonds. The Balaban J connectivity index is 1.85. The van der Waals surface area contributed by atoms with Crippen LogP contribution in [-0.4, -0.2) is 37.6 Å². The summed E-state index contributed by atoms with van der Waals surface area (Å²) in [6.45, 7) is 8.61. The van der Waals surface area contributed by atoms with Crippen LogP contribution >= 0.6 is 0 Å². The molecule has 0 radical (unpaired) electrons. The van der Waals surface area contributed by atoms with E-state index in [1.54, 1.807) is 0 Å². The van der Waals surface area contributed by atoms with Crippen molar-refractivity contribution in [3.05, 3.63) is 0 Å². The van der Waals surface area contributed by atoms with Crippen LogP contribution in [0.2, 0.25) is 0 Å². The van der Waals surface area contributed by atoms with Crippen LogP contribution in [0.4, 0.5) is 0 Å². The van der Waals surface area contributed by atoms with Crippen LogP contribution in [-0.2, 0) is 0 Å². The number of hydrogen-bond acceptors (Lipinski definition) is 2. The molecule has 1 heterocycles. The second kappa shape index (κ2) is 3.82. The van der Waals surface area contributed by atoms with E-state index in [0.717, 1.165) is 12.0 Å². The average molecular weight is 196 g/mol. The van der Waals surface area contributed by atoms with Crippen molar-refractivity contribution in [2.45, 2.75) is 39.2 Å². The van der Waals surface area contributed by atoms with Crippen molar-refractivity contribution >= 4 is 0 Å². The van der Waals surface area contributed by atoms with Gasteiger partial charge >= 0.3 is 0 Å². The van der Waals surface area contributed by atoms with E-state index < -0.39 is 0 Å². The molecule has 0 aromatic rings. The third-order valence-corrected chi connectivity index (χ3v) is 3.82. The zero-order valence-electron chi connectivity index (χ0n) is 9.84. The van der Waals surface area contributed by atoms with Gasteiger partial charge in [0.15, 0.2) is 0 Å². The lowest BCUT2D eigenvalue weighted by Gasteiger charge is -2.50. The molecule has 2 unspecified atom stereocenters. The molecule has 0 bridgehead atoms. The topological polar surface area (TPSA) is 15.3 Å². The van der Waals surface area contributed by atoms with E-state index in [0.29, 0.717) is 5.41 Å². The fraction of sp³-hybridized carbons (Fsp3) is 1.00. The first-order valence-electron chi connectivity index (χ1n) is 6.01. The van der Waals surface area contributed by atoms with E-state index in [-0.39, 0.29) is 0 Å². The number of nitrogens with zero attached hydrogens (tertiary/aromatic N) is 1. The molecule has 2 heteroatoms. The zero-order valence-corrected chi connectivity index (χ0v) is 9.84. The van der Waals surface area contributed by atoms with Crippen LogP contribution in [0.1, 0.15) is 33.1 Å². The number of likely N-dealkylation sites (tertiary alicyclic amines) is 1. The quantitative estimate of drug-likeness (QED) is 0.739. The molecule has 1 aliphatic carbocycles. The van der Waals surface area contributed by atoms with E-state index in [1.165, 1.54) is 38.9 Å². The highest BCUT2D eigenvalue weighted by atomic mass is 15.2. The van der Waals surface area contributed by atoms with Gasteiger partial charge in [-0.15, -0.1) is 0 Å². The molecular formula is C12H24N2. The first-order valence-corrected chi connectivity index (χ1v) is 6.01. The van der Waals surface area contributed by atoms with Crippen molar-refractivity contribution in [1.29, 1.82) is 0 Å². The third-order valence-electron chi connectivity index (χ3n) is 3.82. The van der Waals surface area contributed by atoms with Gasteiger partial charge in [0.05, 0.1) is 0 Å². The molecule has 1 N–H and O–H groups in total. The van der Waals surface area contributed by atoms with Crippen LogP contribution in [0.15, 0.2) is 0 Å². The van der Waals surface area contributed by atoms with Crippen molar-refractivity contribution in [1.82, 2.24) is 10.2 Å². The molecule has 2 rings (SSSR count). The van der Waals surface area contributed by atoms with E-state index in [2.05, 4.69) is 31.1 Å². The van der Waals surface area contributed by atoms with Crippen molar-refractivity contribution in [2.75, 3.05) is 26.7 Å². The summed E-state index contributed by atoms with van der Waals surface area (Å²) in [5.74, 6) is 0.913. The van der Waals surface area contributed by atoms with Gasteiger partial charge in [-0.2, -0.15) is 0 Å². The third kappa shape index (κ3) is 1.96. The summed E-state index contributed by atoms with van der Waals surface area (Å²) in [5, 5.41) is 3.34. The Morgan fingerprint density at radius 2 is 2.00 bits per heavy atom. The molecule has 2 aliphatic rings. The fourth-order valence-electron chi connectivity index (χ4n) is 3.29. The lowest BCUT2D eigenvalue weighted by atomic mass is 9.82. The maximum absolute atomic E-state index is 3.34. The summed E-state index contributed by atoms with van der Waals surface area (Å²) in [4.78, 5) is 2.70. The molecule has 2 nitrogen and oxygen atoms in total. The zero-order chi connectivity index (χ0) is 10.2. The summed E-state index contributed by atoms with van der Waals surface area (Å²) in [5.41, 5.74) is 0.590. The second-order valence-electron chi connectivity index (χ2n) is 5.89. The lowest BCUT2D eigenvalue weighted by Crippen LogP contribution is -2.58. The molecule has 1 saturated carbocycles. The molecule has 1 aliphatic heterocycles. The minimum Gasteiger partial charge on any atom is -0.319 e. The van der Waals surface area contributed by atoms with E-state index in [4.69, 9.17) is 0 Å². The van der Waals surface area contributed by atoms with Crippen molar-refractivity contribution in [2.24, 2.45) is 11.3 Å². The SMILES string of the molecule is CNCC1CCCC1N1CC(C)(C)C1. The maximum atomic E-state index is 3.34. The summed E-state index contributed by atoms with van der Waals surface area (Å²) < 4.78 is 0. The predicted octanol–water partition coefficient (Wildman–Crippen LogP) is 1.72. The van der Waals surface area contributed by atoms with E-state index in [1.807, 2.05) is 0 Å². The van der Waals surface area contributed by atoms with Gasteiger partial charge in [0, 0.05) is 19.1 Å². The van der Waals surface area contributed by atoms with Crippen LogP contribution in [0.25, 0.3) is 0 Å². The minimum atomic E-state index is 0.590. The van der Waals surface area contributed by atoms with Gasteiger partial charge in [-0.1, -0.05) is 20.3 Å². The summed E-state index contributed by atoms with van der Waals surface area (Å²) in [6.07, 6.45) is 4.30. The molecule has 2 atom stereocenters. The minimum absolute atomic E-state index is 0.590. The van der Waals surface area contributed by atoms with Gasteiger partial charge in [-0.05, 0) is 37.8 Å². The number of rotatable bonds is 3.